The van der Waals surface area contributed by atoms with Crippen LogP contribution < -0.4 is 5.32 Å². The highest BCUT2D eigenvalue weighted by molar-refractivity contribution is 6.74. The predicted octanol–water partition coefficient (Wildman–Crippen LogP) is 4.66. The Balaban J connectivity index is 1.97. The van der Waals surface area contributed by atoms with Gasteiger partial charge in [-0.1, -0.05) is 50.1 Å². The van der Waals surface area contributed by atoms with Gasteiger partial charge in [-0.15, -0.1) is 0 Å². The molecule has 0 aromatic heterocycles. The maximum atomic E-state index is 6.63. The van der Waals surface area contributed by atoms with E-state index in [9.17, 15) is 0 Å². The third-order valence-electron chi connectivity index (χ3n) is 5.93. The van der Waals surface area contributed by atoms with Crippen molar-refractivity contribution in [3.05, 3.63) is 34.9 Å². The maximum Gasteiger partial charge on any atom is 0.192 e. The van der Waals surface area contributed by atoms with Crippen LogP contribution in [-0.4, -0.2) is 46.0 Å². The molecule has 1 heterocycles. The molecule has 0 radical (unpaired) electrons. The van der Waals surface area contributed by atoms with Crippen molar-refractivity contribution in [2.24, 2.45) is 0 Å². The highest BCUT2D eigenvalue weighted by atomic mass is 28.4. The van der Waals surface area contributed by atoms with E-state index in [0.717, 1.165) is 26.1 Å². The second-order valence-corrected chi connectivity index (χ2v) is 14.1. The summed E-state index contributed by atoms with van der Waals surface area (Å²) >= 11 is 0. The van der Waals surface area contributed by atoms with Crippen LogP contribution in [0, 0.1) is 13.8 Å². The normalized spacial score (nSPS) is 20.9. The molecule has 3 nitrogen and oxygen atoms in total. The molecule has 4 heteroatoms. The number of nitrogens with one attached hydrogen (secondary N) is 1. The average Bonchev–Trinajstić information content (AvgIpc) is 2.89. The van der Waals surface area contributed by atoms with Crippen molar-refractivity contribution in [1.29, 1.82) is 0 Å². The molecule has 1 aromatic carbocycles. The lowest BCUT2D eigenvalue weighted by atomic mass is 10.0. The molecule has 2 unspecified atom stereocenters. The number of nitrogens with zero attached hydrogens (tertiary/aromatic N) is 1. The predicted molar refractivity (Wildman–Crippen MR) is 111 cm³/mol. The number of benzene rings is 1. The molecular formula is C21H38N2OSi. The van der Waals surface area contributed by atoms with Crippen molar-refractivity contribution in [1.82, 2.24) is 10.2 Å². The first-order chi connectivity index (χ1) is 11.5. The topological polar surface area (TPSA) is 24.5 Å². The molecule has 0 amide bonds. The van der Waals surface area contributed by atoms with Gasteiger partial charge in [-0.25, -0.2) is 0 Å². The monoisotopic (exact) mass is 362 g/mol. The first-order valence-corrected chi connectivity index (χ1v) is 12.6. The minimum absolute atomic E-state index is 0.285. The maximum absolute atomic E-state index is 6.63. The third-order valence-corrected chi connectivity index (χ3v) is 10.5. The molecule has 1 saturated heterocycles. The summed E-state index contributed by atoms with van der Waals surface area (Å²) in [5.41, 5.74) is 4.08. The molecule has 25 heavy (non-hydrogen) atoms. The van der Waals surface area contributed by atoms with Gasteiger partial charge in [0.1, 0.15) is 0 Å². The molecule has 0 saturated carbocycles. The lowest BCUT2D eigenvalue weighted by Gasteiger charge is -2.38. The molecule has 0 bridgehead atoms. The second-order valence-electron chi connectivity index (χ2n) is 9.31. The van der Waals surface area contributed by atoms with E-state index in [2.05, 4.69) is 83.2 Å². The van der Waals surface area contributed by atoms with Crippen molar-refractivity contribution < 1.29 is 4.43 Å². The van der Waals surface area contributed by atoms with Gasteiger partial charge in [0.25, 0.3) is 0 Å². The van der Waals surface area contributed by atoms with E-state index >= 15 is 0 Å². The Morgan fingerprint density at radius 1 is 1.20 bits per heavy atom. The van der Waals surface area contributed by atoms with Crippen LogP contribution in [0.5, 0.6) is 0 Å². The summed E-state index contributed by atoms with van der Waals surface area (Å²) < 4.78 is 6.63. The molecule has 1 aromatic rings. The molecule has 1 aliphatic rings. The fourth-order valence-electron chi connectivity index (χ4n) is 3.49. The van der Waals surface area contributed by atoms with E-state index in [-0.39, 0.29) is 5.04 Å². The number of likely N-dealkylation sites (N-methyl/N-ethyl adjacent to an activating group) is 1. The molecule has 1 fully saturated rings. The Kier molecular flexibility index (Phi) is 6.53. The standard InChI is InChI=1S/C21H38N2OSi/c1-16-11-17(2)13-18(12-16)20(22-6)15-23-10-9-19(14-23)24-25(7,8)21(3,4)5/h11-13,19-20,22H,9-10,14-15H2,1-8H3. The van der Waals surface area contributed by atoms with Crippen LogP contribution in [0.4, 0.5) is 0 Å². The molecule has 1 aliphatic heterocycles. The Bertz CT molecular complexity index is 559. The highest BCUT2D eigenvalue weighted by Crippen LogP contribution is 2.38. The van der Waals surface area contributed by atoms with Crippen molar-refractivity contribution in [2.45, 2.75) is 71.3 Å². The van der Waals surface area contributed by atoms with E-state index in [1.54, 1.807) is 0 Å². The molecule has 0 spiro atoms. The largest absolute Gasteiger partial charge is 0.413 e. The van der Waals surface area contributed by atoms with Crippen LogP contribution in [0.2, 0.25) is 18.1 Å². The lowest BCUT2D eigenvalue weighted by Crippen LogP contribution is -2.44. The van der Waals surface area contributed by atoms with Gasteiger partial charge in [0.2, 0.25) is 0 Å². The van der Waals surface area contributed by atoms with Gasteiger partial charge < -0.3 is 9.74 Å². The molecule has 2 rings (SSSR count). The molecular weight excluding hydrogens is 324 g/mol. The molecule has 2 atom stereocenters. The highest BCUT2D eigenvalue weighted by Gasteiger charge is 2.40. The number of aryl methyl sites for hydroxylation is 2. The van der Waals surface area contributed by atoms with E-state index in [0.29, 0.717) is 12.1 Å². The molecule has 1 N–H and O–H groups in total. The first-order valence-electron chi connectivity index (χ1n) is 9.67. The van der Waals surface area contributed by atoms with Gasteiger partial charge in [-0.3, -0.25) is 4.90 Å². The minimum atomic E-state index is -1.67. The van der Waals surface area contributed by atoms with Gasteiger partial charge in [-0.05, 0) is 51.0 Å². The number of likely N-dealkylation sites (tertiary alicyclic amines) is 1. The Morgan fingerprint density at radius 3 is 2.32 bits per heavy atom. The van der Waals surface area contributed by atoms with E-state index < -0.39 is 8.32 Å². The van der Waals surface area contributed by atoms with Gasteiger partial charge in [0.15, 0.2) is 8.32 Å². The van der Waals surface area contributed by atoms with Crippen molar-refractivity contribution in [3.8, 4) is 0 Å². The number of rotatable bonds is 6. The molecule has 142 valence electrons. The van der Waals surface area contributed by atoms with Crippen LogP contribution in [0.1, 0.15) is 49.9 Å². The van der Waals surface area contributed by atoms with Crippen molar-refractivity contribution in [2.75, 3.05) is 26.7 Å². The minimum Gasteiger partial charge on any atom is -0.413 e. The van der Waals surface area contributed by atoms with E-state index in [1.165, 1.54) is 16.7 Å². The van der Waals surface area contributed by atoms with E-state index in [4.69, 9.17) is 4.43 Å². The van der Waals surface area contributed by atoms with Gasteiger partial charge in [0.05, 0.1) is 6.10 Å². The summed E-state index contributed by atoms with van der Waals surface area (Å²) in [6.45, 7) is 19.3. The van der Waals surface area contributed by atoms with Gasteiger partial charge in [-0.2, -0.15) is 0 Å². The Labute approximate surface area is 156 Å². The van der Waals surface area contributed by atoms with Gasteiger partial charge >= 0.3 is 0 Å². The summed E-state index contributed by atoms with van der Waals surface area (Å²) in [7, 11) is 0.403. The smallest absolute Gasteiger partial charge is 0.192 e. The number of hydrogen-bond acceptors (Lipinski definition) is 3. The Hall–Kier alpha value is -0.683. The zero-order chi connectivity index (χ0) is 18.8. The summed E-state index contributed by atoms with van der Waals surface area (Å²) in [5.74, 6) is 0. The van der Waals surface area contributed by atoms with E-state index in [1.807, 2.05) is 0 Å². The summed E-state index contributed by atoms with van der Waals surface area (Å²) in [6, 6.07) is 7.25. The van der Waals surface area contributed by atoms with Crippen LogP contribution in [0.3, 0.4) is 0 Å². The van der Waals surface area contributed by atoms with Crippen LogP contribution >= 0.6 is 0 Å². The first kappa shape index (κ1) is 20.6. The summed E-state index contributed by atoms with van der Waals surface area (Å²) in [4.78, 5) is 2.57. The van der Waals surface area contributed by atoms with Gasteiger partial charge in [0, 0.05) is 25.7 Å². The third kappa shape index (κ3) is 5.39. The molecule has 0 aliphatic carbocycles. The summed E-state index contributed by atoms with van der Waals surface area (Å²) in [6.07, 6.45) is 1.56. The average molecular weight is 363 g/mol. The zero-order valence-corrected chi connectivity index (χ0v) is 18.6. The van der Waals surface area contributed by atoms with Crippen LogP contribution in [0.15, 0.2) is 18.2 Å². The fourth-order valence-corrected chi connectivity index (χ4v) is 4.86. The fraction of sp³-hybridized carbons (Fsp3) is 0.714. The zero-order valence-electron chi connectivity index (χ0n) is 17.6. The van der Waals surface area contributed by atoms with Crippen molar-refractivity contribution in [3.63, 3.8) is 0 Å². The summed E-state index contributed by atoms with van der Waals surface area (Å²) in [5, 5.41) is 3.80. The quantitative estimate of drug-likeness (QED) is 0.745. The van der Waals surface area contributed by atoms with Crippen LogP contribution in [-0.2, 0) is 4.43 Å². The Morgan fingerprint density at radius 2 is 1.80 bits per heavy atom. The lowest BCUT2D eigenvalue weighted by molar-refractivity contribution is 0.177. The SMILES string of the molecule is CNC(CN1CCC(O[Si](C)(C)C(C)(C)C)C1)c1cc(C)cc(C)c1. The van der Waals surface area contributed by atoms with Crippen molar-refractivity contribution >= 4 is 8.32 Å². The second kappa shape index (κ2) is 7.91. The number of hydrogen-bond donors (Lipinski definition) is 1. The van der Waals surface area contributed by atoms with Crippen LogP contribution in [0.25, 0.3) is 0 Å².